The standard InChI is InChI=1S/C28H23NO6/c1-18-13-24(19(2)29(18)21-11-12-26-27(15-21)34-17-33-26)25(30)16-32-28(31)20-7-6-10-23(14-20)35-22-8-4-3-5-9-22/h3-15H,16-17H2,1-2H3. The minimum Gasteiger partial charge on any atom is -0.457 e. The molecular formula is C28H23NO6. The van der Waals surface area contributed by atoms with Crippen molar-refractivity contribution < 1.29 is 28.5 Å². The highest BCUT2D eigenvalue weighted by Crippen LogP contribution is 2.35. The molecule has 0 unspecified atom stereocenters. The summed E-state index contributed by atoms with van der Waals surface area (Å²) in [6.45, 7) is 3.60. The number of benzene rings is 3. The molecular weight excluding hydrogens is 446 g/mol. The van der Waals surface area contributed by atoms with Crippen LogP contribution in [0.5, 0.6) is 23.0 Å². The van der Waals surface area contributed by atoms with Gasteiger partial charge in [-0.3, -0.25) is 4.79 Å². The Hall–Kier alpha value is -4.52. The first-order chi connectivity index (χ1) is 17.0. The number of rotatable bonds is 7. The van der Waals surface area contributed by atoms with Crippen LogP contribution in [0.1, 0.15) is 32.1 Å². The molecule has 0 radical (unpaired) electrons. The molecule has 35 heavy (non-hydrogen) atoms. The van der Waals surface area contributed by atoms with Gasteiger partial charge in [-0.15, -0.1) is 0 Å². The van der Waals surface area contributed by atoms with E-state index in [1.807, 2.05) is 66.9 Å². The molecule has 7 nitrogen and oxygen atoms in total. The minimum absolute atomic E-state index is 0.193. The Bertz CT molecular complexity index is 1410. The summed E-state index contributed by atoms with van der Waals surface area (Å²) in [6.07, 6.45) is 0. The Morgan fingerprint density at radius 1 is 0.857 bits per heavy atom. The Morgan fingerprint density at radius 3 is 2.46 bits per heavy atom. The third-order valence-corrected chi connectivity index (χ3v) is 5.73. The largest absolute Gasteiger partial charge is 0.457 e. The van der Waals surface area contributed by atoms with Crippen LogP contribution in [0, 0.1) is 13.8 Å². The summed E-state index contributed by atoms with van der Waals surface area (Å²) in [5.74, 6) is 1.64. The van der Waals surface area contributed by atoms with E-state index in [4.69, 9.17) is 18.9 Å². The van der Waals surface area contributed by atoms with Gasteiger partial charge in [0, 0.05) is 28.7 Å². The number of aromatic nitrogens is 1. The normalized spacial score (nSPS) is 11.8. The van der Waals surface area contributed by atoms with E-state index in [0.29, 0.717) is 34.1 Å². The molecule has 0 aliphatic carbocycles. The summed E-state index contributed by atoms with van der Waals surface area (Å²) in [5.41, 5.74) is 3.28. The molecule has 1 aliphatic rings. The lowest BCUT2D eigenvalue weighted by Crippen LogP contribution is -2.15. The maximum atomic E-state index is 12.9. The monoisotopic (exact) mass is 469 g/mol. The predicted octanol–water partition coefficient (Wildman–Crippen LogP) is 5.65. The van der Waals surface area contributed by atoms with E-state index in [1.54, 1.807) is 30.3 Å². The van der Waals surface area contributed by atoms with Gasteiger partial charge in [-0.1, -0.05) is 24.3 Å². The molecule has 0 saturated heterocycles. The molecule has 0 N–H and O–H groups in total. The molecule has 7 heteroatoms. The highest BCUT2D eigenvalue weighted by Gasteiger charge is 2.21. The van der Waals surface area contributed by atoms with E-state index in [-0.39, 0.29) is 19.2 Å². The smallest absolute Gasteiger partial charge is 0.338 e. The molecule has 0 fully saturated rings. The van der Waals surface area contributed by atoms with E-state index in [1.165, 1.54) is 0 Å². The van der Waals surface area contributed by atoms with Crippen molar-refractivity contribution in [2.24, 2.45) is 0 Å². The lowest BCUT2D eigenvalue weighted by atomic mass is 10.1. The van der Waals surface area contributed by atoms with Crippen LogP contribution in [0.2, 0.25) is 0 Å². The van der Waals surface area contributed by atoms with E-state index in [2.05, 4.69) is 0 Å². The van der Waals surface area contributed by atoms with Gasteiger partial charge < -0.3 is 23.5 Å². The van der Waals surface area contributed by atoms with Crippen LogP contribution in [0.25, 0.3) is 5.69 Å². The Morgan fingerprint density at radius 2 is 1.63 bits per heavy atom. The maximum Gasteiger partial charge on any atom is 0.338 e. The maximum absolute atomic E-state index is 12.9. The van der Waals surface area contributed by atoms with Crippen LogP contribution in [0.4, 0.5) is 0 Å². The van der Waals surface area contributed by atoms with Crippen LogP contribution in [-0.4, -0.2) is 29.7 Å². The van der Waals surface area contributed by atoms with Gasteiger partial charge in [0.25, 0.3) is 0 Å². The number of para-hydroxylation sites is 1. The van der Waals surface area contributed by atoms with Crippen molar-refractivity contribution in [1.29, 1.82) is 0 Å². The van der Waals surface area contributed by atoms with Gasteiger partial charge in [0.15, 0.2) is 18.1 Å². The number of carbonyl (C=O) groups excluding carboxylic acids is 2. The molecule has 3 aromatic carbocycles. The fourth-order valence-electron chi connectivity index (χ4n) is 4.07. The van der Waals surface area contributed by atoms with Crippen molar-refractivity contribution in [3.8, 4) is 28.7 Å². The highest BCUT2D eigenvalue weighted by atomic mass is 16.7. The number of hydrogen-bond donors (Lipinski definition) is 0. The van der Waals surface area contributed by atoms with Crippen LogP contribution in [-0.2, 0) is 4.74 Å². The summed E-state index contributed by atoms with van der Waals surface area (Å²) >= 11 is 0. The van der Waals surface area contributed by atoms with Gasteiger partial charge in [-0.25, -0.2) is 4.79 Å². The third kappa shape index (κ3) is 4.61. The zero-order chi connectivity index (χ0) is 24.4. The average molecular weight is 469 g/mol. The number of ketones is 1. The lowest BCUT2D eigenvalue weighted by molar-refractivity contribution is 0.0474. The third-order valence-electron chi connectivity index (χ3n) is 5.73. The molecule has 0 atom stereocenters. The molecule has 4 aromatic rings. The summed E-state index contributed by atoms with van der Waals surface area (Å²) < 4.78 is 23.9. The first kappa shape index (κ1) is 22.3. The zero-order valence-electron chi connectivity index (χ0n) is 19.3. The molecule has 1 aliphatic heterocycles. The molecule has 176 valence electrons. The van der Waals surface area contributed by atoms with Crippen LogP contribution >= 0.6 is 0 Å². The van der Waals surface area contributed by atoms with Crippen LogP contribution < -0.4 is 14.2 Å². The lowest BCUT2D eigenvalue weighted by Gasteiger charge is -2.11. The first-order valence-corrected chi connectivity index (χ1v) is 11.1. The van der Waals surface area contributed by atoms with Gasteiger partial charge in [0.1, 0.15) is 11.5 Å². The molecule has 5 rings (SSSR count). The zero-order valence-corrected chi connectivity index (χ0v) is 19.3. The SMILES string of the molecule is Cc1cc(C(=O)COC(=O)c2cccc(Oc3ccccc3)c2)c(C)n1-c1ccc2c(c1)OCO2. The molecule has 0 spiro atoms. The summed E-state index contributed by atoms with van der Waals surface area (Å²) in [4.78, 5) is 25.5. The van der Waals surface area contributed by atoms with Gasteiger partial charge >= 0.3 is 5.97 Å². The summed E-state index contributed by atoms with van der Waals surface area (Å²) in [5, 5.41) is 0. The number of hydrogen-bond acceptors (Lipinski definition) is 6. The highest BCUT2D eigenvalue weighted by molar-refractivity contribution is 6.00. The Labute approximate surface area is 202 Å². The molecule has 0 saturated carbocycles. The average Bonchev–Trinajstić information content (AvgIpc) is 3.46. The van der Waals surface area contributed by atoms with Crippen molar-refractivity contribution in [3.05, 3.63) is 101 Å². The van der Waals surface area contributed by atoms with Crippen molar-refractivity contribution >= 4 is 11.8 Å². The molecule has 0 bridgehead atoms. The van der Waals surface area contributed by atoms with E-state index >= 15 is 0 Å². The predicted molar refractivity (Wildman–Crippen MR) is 129 cm³/mol. The van der Waals surface area contributed by atoms with E-state index in [0.717, 1.165) is 17.1 Å². The van der Waals surface area contributed by atoms with Gasteiger partial charge in [-0.05, 0) is 62.4 Å². The number of esters is 1. The Balaban J connectivity index is 1.27. The molecule has 0 amide bonds. The van der Waals surface area contributed by atoms with Crippen molar-refractivity contribution in [3.63, 3.8) is 0 Å². The quantitative estimate of drug-likeness (QED) is 0.257. The second-order valence-electron chi connectivity index (χ2n) is 8.10. The molecule has 1 aromatic heterocycles. The number of Topliss-reactive ketones (excluding diaryl/α,β-unsaturated/α-hetero) is 1. The number of aryl methyl sites for hydroxylation is 1. The fourth-order valence-corrected chi connectivity index (χ4v) is 4.07. The summed E-state index contributed by atoms with van der Waals surface area (Å²) in [7, 11) is 0. The number of carbonyl (C=O) groups is 2. The van der Waals surface area contributed by atoms with Crippen molar-refractivity contribution in [2.45, 2.75) is 13.8 Å². The van der Waals surface area contributed by atoms with Gasteiger partial charge in [-0.2, -0.15) is 0 Å². The Kier molecular flexibility index (Phi) is 5.97. The fraction of sp³-hybridized carbons (Fsp3) is 0.143. The van der Waals surface area contributed by atoms with Crippen molar-refractivity contribution in [2.75, 3.05) is 13.4 Å². The number of fused-ring (bicyclic) bond motifs is 1. The second-order valence-corrected chi connectivity index (χ2v) is 8.10. The summed E-state index contributed by atoms with van der Waals surface area (Å²) in [6, 6.07) is 23.4. The van der Waals surface area contributed by atoms with Crippen LogP contribution in [0.3, 0.4) is 0 Å². The van der Waals surface area contributed by atoms with E-state index < -0.39 is 5.97 Å². The minimum atomic E-state index is -0.596. The second kappa shape index (κ2) is 9.38. The van der Waals surface area contributed by atoms with Gasteiger partial charge in [0.05, 0.1) is 5.56 Å². The molecule has 2 heterocycles. The van der Waals surface area contributed by atoms with Crippen LogP contribution in [0.15, 0.2) is 78.9 Å². The first-order valence-electron chi connectivity index (χ1n) is 11.1. The van der Waals surface area contributed by atoms with Crippen molar-refractivity contribution in [1.82, 2.24) is 4.57 Å². The topological polar surface area (TPSA) is 76.0 Å². The number of nitrogens with zero attached hydrogens (tertiary/aromatic N) is 1. The van der Waals surface area contributed by atoms with Gasteiger partial charge in [0.2, 0.25) is 12.6 Å². The number of ether oxygens (including phenoxy) is 4. The van der Waals surface area contributed by atoms with E-state index in [9.17, 15) is 9.59 Å².